The maximum Gasteiger partial charge on any atom is 0.329 e. The van der Waals surface area contributed by atoms with E-state index in [1.807, 2.05) is 24.3 Å². The van der Waals surface area contributed by atoms with Crippen molar-refractivity contribution >= 4 is 23.3 Å². The van der Waals surface area contributed by atoms with Gasteiger partial charge >= 0.3 is 5.97 Å². The number of nitrogens with zero attached hydrogens (tertiary/aromatic N) is 1. The van der Waals surface area contributed by atoms with Crippen LogP contribution in [0.4, 0.5) is 5.69 Å². The topological polar surface area (TPSA) is 71.5 Å². The van der Waals surface area contributed by atoms with Crippen LogP contribution in [0.2, 0.25) is 5.02 Å². The average molecular weight is 503 g/mol. The van der Waals surface area contributed by atoms with Gasteiger partial charge < -0.3 is 15.2 Å². The van der Waals surface area contributed by atoms with E-state index in [-0.39, 0.29) is 5.41 Å². The van der Waals surface area contributed by atoms with E-state index in [0.29, 0.717) is 42.2 Å². The van der Waals surface area contributed by atoms with Gasteiger partial charge in [0.05, 0.1) is 12.8 Å². The summed E-state index contributed by atoms with van der Waals surface area (Å²) in [5, 5.41) is 14.3. The van der Waals surface area contributed by atoms with E-state index < -0.39 is 11.5 Å². The number of pyridine rings is 1. The third-order valence-corrected chi connectivity index (χ3v) is 9.14. The Kier molecular flexibility index (Phi) is 5.91. The van der Waals surface area contributed by atoms with Crippen molar-refractivity contribution in [2.24, 2.45) is 17.8 Å². The number of hydrogen-bond acceptors (Lipinski definition) is 4. The number of benzene rings is 2. The molecule has 0 bridgehead atoms. The van der Waals surface area contributed by atoms with Crippen LogP contribution in [-0.2, 0) is 16.6 Å². The first-order valence-corrected chi connectivity index (χ1v) is 13.3. The van der Waals surface area contributed by atoms with Gasteiger partial charge in [0.25, 0.3) is 0 Å². The number of carboxylic acid groups (broad SMARTS) is 1. The van der Waals surface area contributed by atoms with E-state index in [9.17, 15) is 9.90 Å². The number of anilines is 1. The number of carbonyl (C=O) groups is 1. The molecule has 3 aliphatic carbocycles. The third kappa shape index (κ3) is 4.13. The number of ether oxygens (including phenoxy) is 1. The first-order chi connectivity index (χ1) is 17.5. The minimum atomic E-state index is -0.982. The fourth-order valence-electron chi connectivity index (χ4n) is 6.97. The van der Waals surface area contributed by atoms with Crippen LogP contribution in [0, 0.1) is 17.8 Å². The number of hydrogen-bond donors (Lipinski definition) is 2. The second-order valence-electron chi connectivity index (χ2n) is 10.8. The summed E-state index contributed by atoms with van der Waals surface area (Å²) in [7, 11) is 0. The quantitative estimate of drug-likeness (QED) is 0.393. The highest BCUT2D eigenvalue weighted by atomic mass is 35.5. The third-order valence-electron chi connectivity index (χ3n) is 8.91. The molecule has 1 spiro atoms. The predicted octanol–water partition coefficient (Wildman–Crippen LogP) is 6.37. The molecule has 186 valence electrons. The van der Waals surface area contributed by atoms with Crippen LogP contribution < -0.4 is 10.1 Å². The van der Waals surface area contributed by atoms with Gasteiger partial charge in [0, 0.05) is 16.9 Å². The van der Waals surface area contributed by atoms with Crippen molar-refractivity contribution in [3.63, 3.8) is 0 Å². The van der Waals surface area contributed by atoms with Crippen molar-refractivity contribution in [2.45, 2.75) is 49.5 Å². The summed E-state index contributed by atoms with van der Waals surface area (Å²) in [5.74, 6) is 1.71. The minimum Gasteiger partial charge on any atom is -0.492 e. The molecular weight excluding hydrogens is 472 g/mol. The molecule has 1 heterocycles. The lowest BCUT2D eigenvalue weighted by Crippen LogP contribution is -2.53. The van der Waals surface area contributed by atoms with E-state index >= 15 is 0 Å². The van der Waals surface area contributed by atoms with Crippen LogP contribution >= 0.6 is 11.6 Å². The molecule has 0 amide bonds. The van der Waals surface area contributed by atoms with Crippen LogP contribution in [0.1, 0.15) is 43.2 Å². The summed E-state index contributed by atoms with van der Waals surface area (Å²) in [6.07, 6.45) is 8.67. The lowest BCUT2D eigenvalue weighted by atomic mass is 9.59. The predicted molar refractivity (Wildman–Crippen MR) is 141 cm³/mol. The lowest BCUT2D eigenvalue weighted by Gasteiger charge is -2.47. The molecule has 6 rings (SSSR count). The fraction of sp³-hybridized carbons (Fsp3) is 0.400. The first kappa shape index (κ1) is 23.4. The van der Waals surface area contributed by atoms with Crippen LogP contribution in [0.25, 0.3) is 0 Å². The first-order valence-electron chi connectivity index (χ1n) is 12.9. The summed E-state index contributed by atoms with van der Waals surface area (Å²) < 4.78 is 6.05. The Labute approximate surface area is 216 Å². The molecule has 2 aromatic carbocycles. The van der Waals surface area contributed by atoms with Gasteiger partial charge in [0.2, 0.25) is 0 Å². The highest BCUT2D eigenvalue weighted by Crippen LogP contribution is 2.62. The zero-order chi connectivity index (χ0) is 24.8. The molecule has 3 atom stereocenters. The van der Waals surface area contributed by atoms with E-state index in [2.05, 4.69) is 34.6 Å². The number of carboxylic acids is 1. The molecule has 2 saturated carbocycles. The standard InChI is InChI=1S/C30H31ClN2O3/c31-22-6-3-7-23(17-22)33-30(28(34)35)12-10-29(11-13-30)26-9-2-1-5-20(26)16-27(29)25-15-21(25)19-36-24-8-4-14-32-18-24/h1-9,14,17-18,21,25,27,33H,10-13,15-16,19H2,(H,34,35)/t21-,25+,27-,29?,30?/m1/s1. The van der Waals surface area contributed by atoms with Crippen LogP contribution in [-0.4, -0.2) is 28.2 Å². The van der Waals surface area contributed by atoms with Gasteiger partial charge in [0.15, 0.2) is 0 Å². The largest absolute Gasteiger partial charge is 0.492 e. The molecular formula is C30H31ClN2O3. The van der Waals surface area contributed by atoms with Gasteiger partial charge in [0.1, 0.15) is 11.3 Å². The second kappa shape index (κ2) is 9.11. The lowest BCUT2D eigenvalue weighted by molar-refractivity contribution is -0.144. The molecule has 3 aromatic rings. The normalized spacial score (nSPS) is 30.5. The number of aromatic nitrogens is 1. The summed E-state index contributed by atoms with van der Waals surface area (Å²) in [5.41, 5.74) is 2.69. The van der Waals surface area contributed by atoms with Crippen molar-refractivity contribution in [3.8, 4) is 5.75 Å². The highest BCUT2D eigenvalue weighted by Gasteiger charge is 2.59. The second-order valence-corrected chi connectivity index (χ2v) is 11.2. The molecule has 2 N–H and O–H groups in total. The van der Waals surface area contributed by atoms with Gasteiger partial charge in [-0.3, -0.25) is 4.98 Å². The SMILES string of the molecule is O=C(O)C1(Nc2cccc(Cl)c2)CCC2(CC1)c1ccccc1C[C@@H]2[C@H]1C[C@@H]1COc1cccnc1. The summed E-state index contributed by atoms with van der Waals surface area (Å²) in [4.78, 5) is 16.7. The van der Waals surface area contributed by atoms with Gasteiger partial charge in [-0.1, -0.05) is 41.9 Å². The Hall–Kier alpha value is -3.05. The Morgan fingerprint density at radius 3 is 2.67 bits per heavy atom. The molecule has 0 saturated heterocycles. The Balaban J connectivity index is 1.22. The monoisotopic (exact) mass is 502 g/mol. The maximum atomic E-state index is 12.6. The average Bonchev–Trinajstić information content (AvgIpc) is 3.60. The minimum absolute atomic E-state index is 0.0271. The maximum absolute atomic E-state index is 12.6. The van der Waals surface area contributed by atoms with Crippen molar-refractivity contribution < 1.29 is 14.6 Å². The summed E-state index contributed by atoms with van der Waals surface area (Å²) >= 11 is 6.18. The summed E-state index contributed by atoms with van der Waals surface area (Å²) in [6, 6.07) is 20.0. The zero-order valence-corrected chi connectivity index (χ0v) is 21.0. The highest BCUT2D eigenvalue weighted by molar-refractivity contribution is 6.30. The number of rotatable bonds is 7. The molecule has 5 nitrogen and oxygen atoms in total. The molecule has 6 heteroatoms. The van der Waals surface area contributed by atoms with Gasteiger partial charge in [-0.25, -0.2) is 4.79 Å². The zero-order valence-electron chi connectivity index (χ0n) is 20.2. The van der Waals surface area contributed by atoms with Gasteiger partial charge in [-0.05, 0) is 103 Å². The van der Waals surface area contributed by atoms with E-state index in [1.165, 1.54) is 17.5 Å². The van der Waals surface area contributed by atoms with Crippen molar-refractivity contribution in [1.29, 1.82) is 0 Å². The number of aliphatic carboxylic acids is 1. The number of nitrogens with one attached hydrogen (secondary N) is 1. The van der Waals surface area contributed by atoms with Gasteiger partial charge in [-0.15, -0.1) is 0 Å². The molecule has 0 radical (unpaired) electrons. The smallest absolute Gasteiger partial charge is 0.329 e. The molecule has 2 fully saturated rings. The molecule has 36 heavy (non-hydrogen) atoms. The Bertz CT molecular complexity index is 1260. The van der Waals surface area contributed by atoms with E-state index in [4.69, 9.17) is 16.3 Å². The molecule has 0 unspecified atom stereocenters. The van der Waals surface area contributed by atoms with E-state index in [1.54, 1.807) is 24.5 Å². The van der Waals surface area contributed by atoms with Crippen molar-refractivity contribution in [1.82, 2.24) is 4.98 Å². The molecule has 3 aliphatic rings. The Morgan fingerprint density at radius 1 is 1.08 bits per heavy atom. The molecule has 0 aliphatic heterocycles. The van der Waals surface area contributed by atoms with Crippen LogP contribution in [0.3, 0.4) is 0 Å². The summed E-state index contributed by atoms with van der Waals surface area (Å²) in [6.45, 7) is 0.717. The number of halogens is 1. The van der Waals surface area contributed by atoms with E-state index in [0.717, 1.165) is 30.7 Å². The van der Waals surface area contributed by atoms with Gasteiger partial charge in [-0.2, -0.15) is 0 Å². The van der Waals surface area contributed by atoms with Crippen LogP contribution in [0.5, 0.6) is 5.75 Å². The fourth-order valence-corrected chi connectivity index (χ4v) is 7.16. The number of fused-ring (bicyclic) bond motifs is 2. The van der Waals surface area contributed by atoms with Crippen molar-refractivity contribution in [2.75, 3.05) is 11.9 Å². The Morgan fingerprint density at radius 2 is 1.92 bits per heavy atom. The van der Waals surface area contributed by atoms with Crippen molar-refractivity contribution in [3.05, 3.63) is 89.2 Å². The molecule has 1 aromatic heterocycles. The van der Waals surface area contributed by atoms with Crippen LogP contribution in [0.15, 0.2) is 73.1 Å².